The van der Waals surface area contributed by atoms with Gasteiger partial charge in [-0.2, -0.15) is 5.10 Å². The molecule has 0 radical (unpaired) electrons. The Labute approximate surface area is 90.4 Å². The van der Waals surface area contributed by atoms with Crippen LogP contribution in [-0.2, 0) is 0 Å². The molecule has 1 N–H and O–H groups in total. The van der Waals surface area contributed by atoms with Gasteiger partial charge in [0.05, 0.1) is 0 Å². The Morgan fingerprint density at radius 3 is 3.00 bits per heavy atom. The van der Waals surface area contributed by atoms with Crippen molar-refractivity contribution >= 4 is 5.70 Å². The maximum Gasteiger partial charge on any atom is 0.138 e. The lowest BCUT2D eigenvalue weighted by atomic mass is 9.86. The first-order valence-corrected chi connectivity index (χ1v) is 5.42. The average Bonchev–Trinajstić information content (AvgIpc) is 2.75. The van der Waals surface area contributed by atoms with E-state index in [1.807, 2.05) is 4.68 Å². The smallest absolute Gasteiger partial charge is 0.138 e. The first kappa shape index (κ1) is 10.4. The monoisotopic (exact) mass is 206 g/mol. The topological polar surface area (TPSA) is 42.7 Å². The number of hydrogen-bond donors (Lipinski definition) is 1. The van der Waals surface area contributed by atoms with E-state index in [1.54, 1.807) is 12.7 Å². The van der Waals surface area contributed by atoms with E-state index in [9.17, 15) is 0 Å². The fourth-order valence-corrected chi connectivity index (χ4v) is 2.12. The Morgan fingerprint density at radius 1 is 1.60 bits per heavy atom. The van der Waals surface area contributed by atoms with Crippen molar-refractivity contribution in [1.82, 2.24) is 20.1 Å². The van der Waals surface area contributed by atoms with Gasteiger partial charge in [0.2, 0.25) is 0 Å². The van der Waals surface area contributed by atoms with Crippen LogP contribution in [0.3, 0.4) is 0 Å². The van der Waals surface area contributed by atoms with Gasteiger partial charge in [-0.15, -0.1) is 0 Å². The first-order chi connectivity index (χ1) is 7.13. The Bertz CT molecular complexity index is 351. The number of aromatic nitrogens is 3. The van der Waals surface area contributed by atoms with Crippen LogP contribution in [0.25, 0.3) is 5.70 Å². The predicted molar refractivity (Wildman–Crippen MR) is 60.2 cm³/mol. The van der Waals surface area contributed by atoms with Gasteiger partial charge < -0.3 is 5.32 Å². The van der Waals surface area contributed by atoms with Crippen LogP contribution in [0, 0.1) is 5.41 Å². The zero-order valence-electron chi connectivity index (χ0n) is 9.57. The van der Waals surface area contributed by atoms with Gasteiger partial charge >= 0.3 is 0 Å². The summed E-state index contributed by atoms with van der Waals surface area (Å²) in [6.45, 7) is 7.69. The van der Waals surface area contributed by atoms with Crippen LogP contribution < -0.4 is 5.32 Å². The summed E-state index contributed by atoms with van der Waals surface area (Å²) in [5, 5.41) is 7.66. The number of hydrogen-bond acceptors (Lipinski definition) is 3. The van der Waals surface area contributed by atoms with Crippen molar-refractivity contribution in [2.45, 2.75) is 33.2 Å². The molecule has 0 aliphatic heterocycles. The summed E-state index contributed by atoms with van der Waals surface area (Å²) in [4.78, 5) is 3.98. The molecule has 82 valence electrons. The van der Waals surface area contributed by atoms with Crippen molar-refractivity contribution in [2.24, 2.45) is 5.41 Å². The van der Waals surface area contributed by atoms with Crippen LogP contribution in [0.1, 0.15) is 27.2 Å². The van der Waals surface area contributed by atoms with Crippen molar-refractivity contribution < 1.29 is 0 Å². The number of allylic oxidation sites excluding steroid dienone is 1. The fourth-order valence-electron chi connectivity index (χ4n) is 2.12. The van der Waals surface area contributed by atoms with E-state index < -0.39 is 0 Å². The largest absolute Gasteiger partial charge is 0.310 e. The molecule has 1 aliphatic rings. The third-order valence-corrected chi connectivity index (χ3v) is 2.97. The van der Waals surface area contributed by atoms with Crippen LogP contribution in [0.15, 0.2) is 18.7 Å². The van der Waals surface area contributed by atoms with Gasteiger partial charge in [-0.3, -0.25) is 0 Å². The molecule has 0 bridgehead atoms. The van der Waals surface area contributed by atoms with Crippen molar-refractivity contribution in [3.05, 3.63) is 18.7 Å². The van der Waals surface area contributed by atoms with E-state index in [0.29, 0.717) is 6.04 Å². The van der Waals surface area contributed by atoms with Crippen LogP contribution in [0.4, 0.5) is 0 Å². The van der Waals surface area contributed by atoms with Gasteiger partial charge in [0.25, 0.3) is 0 Å². The van der Waals surface area contributed by atoms with E-state index in [0.717, 1.165) is 13.0 Å². The molecule has 0 saturated carbocycles. The van der Waals surface area contributed by atoms with Crippen molar-refractivity contribution in [3.8, 4) is 0 Å². The fraction of sp³-hybridized carbons (Fsp3) is 0.636. The lowest BCUT2D eigenvalue weighted by molar-refractivity contribution is 0.309. The SMILES string of the molecule is CCNC1C=C(n2cncn2)CC1(C)C. The highest BCUT2D eigenvalue weighted by molar-refractivity contribution is 5.50. The van der Waals surface area contributed by atoms with E-state index in [1.165, 1.54) is 5.70 Å². The molecule has 0 aromatic carbocycles. The second-order valence-corrected chi connectivity index (χ2v) is 4.70. The number of nitrogens with one attached hydrogen (secondary N) is 1. The summed E-state index contributed by atoms with van der Waals surface area (Å²) in [5.74, 6) is 0. The van der Waals surface area contributed by atoms with Crippen LogP contribution in [-0.4, -0.2) is 27.4 Å². The third kappa shape index (κ3) is 1.95. The number of rotatable bonds is 3. The quantitative estimate of drug-likeness (QED) is 0.815. The number of nitrogens with zero attached hydrogens (tertiary/aromatic N) is 3. The molecule has 1 atom stereocenters. The Balaban J connectivity index is 2.20. The maximum absolute atomic E-state index is 4.17. The van der Waals surface area contributed by atoms with E-state index in [-0.39, 0.29) is 5.41 Å². The van der Waals surface area contributed by atoms with Crippen molar-refractivity contribution in [1.29, 1.82) is 0 Å². The molecule has 1 unspecified atom stereocenters. The number of likely N-dealkylation sites (N-methyl/N-ethyl adjacent to an activating group) is 1. The zero-order valence-corrected chi connectivity index (χ0v) is 9.57. The van der Waals surface area contributed by atoms with Gasteiger partial charge in [0.15, 0.2) is 0 Å². The van der Waals surface area contributed by atoms with Gasteiger partial charge in [-0.25, -0.2) is 9.67 Å². The first-order valence-electron chi connectivity index (χ1n) is 5.42. The zero-order chi connectivity index (χ0) is 10.9. The van der Waals surface area contributed by atoms with Gasteiger partial charge in [-0.1, -0.05) is 20.8 Å². The normalized spacial score (nSPS) is 24.2. The summed E-state index contributed by atoms with van der Waals surface area (Å²) < 4.78 is 1.86. The minimum Gasteiger partial charge on any atom is -0.310 e. The Kier molecular flexibility index (Phi) is 2.61. The molecule has 0 saturated heterocycles. The second kappa shape index (κ2) is 3.77. The molecule has 0 amide bonds. The summed E-state index contributed by atoms with van der Waals surface area (Å²) in [5.41, 5.74) is 1.50. The molecule has 4 heteroatoms. The minimum absolute atomic E-state index is 0.261. The van der Waals surface area contributed by atoms with Gasteiger partial charge in [0.1, 0.15) is 12.7 Å². The molecule has 1 heterocycles. The Hall–Kier alpha value is -1.16. The minimum atomic E-state index is 0.261. The van der Waals surface area contributed by atoms with Crippen LogP contribution in [0.5, 0.6) is 0 Å². The molecular weight excluding hydrogens is 188 g/mol. The maximum atomic E-state index is 4.17. The summed E-state index contributed by atoms with van der Waals surface area (Å²) in [6, 6.07) is 0.432. The summed E-state index contributed by atoms with van der Waals surface area (Å²) in [7, 11) is 0. The molecule has 1 aromatic heterocycles. The van der Waals surface area contributed by atoms with Gasteiger partial charge in [-0.05, 0) is 24.5 Å². The molecule has 1 aromatic rings. The lowest BCUT2D eigenvalue weighted by Crippen LogP contribution is -2.37. The molecule has 15 heavy (non-hydrogen) atoms. The van der Waals surface area contributed by atoms with Crippen molar-refractivity contribution in [3.63, 3.8) is 0 Å². The molecular formula is C11H18N4. The van der Waals surface area contributed by atoms with E-state index in [2.05, 4.69) is 42.2 Å². The summed E-state index contributed by atoms with van der Waals surface area (Å²) in [6.07, 6.45) is 6.64. The molecule has 0 fully saturated rings. The molecule has 4 nitrogen and oxygen atoms in total. The van der Waals surface area contributed by atoms with Crippen LogP contribution in [0.2, 0.25) is 0 Å². The lowest BCUT2D eigenvalue weighted by Gasteiger charge is -2.27. The highest BCUT2D eigenvalue weighted by Gasteiger charge is 2.34. The Morgan fingerprint density at radius 2 is 2.40 bits per heavy atom. The summed E-state index contributed by atoms with van der Waals surface area (Å²) >= 11 is 0. The highest BCUT2D eigenvalue weighted by atomic mass is 15.3. The third-order valence-electron chi connectivity index (χ3n) is 2.97. The average molecular weight is 206 g/mol. The van der Waals surface area contributed by atoms with E-state index in [4.69, 9.17) is 0 Å². The molecule has 0 spiro atoms. The molecule has 1 aliphatic carbocycles. The highest BCUT2D eigenvalue weighted by Crippen LogP contribution is 2.38. The standard InChI is InChI=1S/C11H18N4/c1-4-13-10-5-9(6-11(10,2)3)15-8-12-7-14-15/h5,7-8,10,13H,4,6H2,1-3H3. The van der Waals surface area contributed by atoms with E-state index >= 15 is 0 Å². The molecule has 2 rings (SSSR count). The van der Waals surface area contributed by atoms with Crippen molar-refractivity contribution in [2.75, 3.05) is 6.54 Å². The second-order valence-electron chi connectivity index (χ2n) is 4.70. The van der Waals surface area contributed by atoms with Crippen LogP contribution >= 0.6 is 0 Å². The predicted octanol–water partition coefficient (Wildman–Crippen LogP) is 1.53. The van der Waals surface area contributed by atoms with Gasteiger partial charge in [0, 0.05) is 11.7 Å².